The van der Waals surface area contributed by atoms with E-state index >= 15 is 0 Å². The van der Waals surface area contributed by atoms with E-state index in [0.717, 1.165) is 5.57 Å². The molecule has 76 valence electrons. The molecule has 0 aromatic heterocycles. The molecule has 0 aromatic carbocycles. The summed E-state index contributed by atoms with van der Waals surface area (Å²) in [6, 6.07) is -0.539. The number of hydrogen-bond donors (Lipinski definition) is 2. The van der Waals surface area contributed by atoms with E-state index < -0.39 is 12.0 Å². The van der Waals surface area contributed by atoms with Crippen molar-refractivity contribution in [3.8, 4) is 0 Å². The molecule has 2 aliphatic rings. The van der Waals surface area contributed by atoms with Crippen LogP contribution in [0.25, 0.3) is 0 Å². The van der Waals surface area contributed by atoms with Gasteiger partial charge in [0.25, 0.3) is 0 Å². The summed E-state index contributed by atoms with van der Waals surface area (Å²) in [5.74, 6) is -0.712. The Morgan fingerprint density at radius 2 is 2.36 bits per heavy atom. The molecule has 1 fully saturated rings. The molecule has 0 spiro atoms. The highest BCUT2D eigenvalue weighted by molar-refractivity contribution is 8.00. The molecule has 0 unspecified atom stereocenters. The van der Waals surface area contributed by atoms with Crippen molar-refractivity contribution >= 4 is 23.6 Å². The summed E-state index contributed by atoms with van der Waals surface area (Å²) in [7, 11) is 0. The Kier molecular flexibility index (Phi) is 2.04. The number of fused-ring (bicyclic) bond motifs is 1. The van der Waals surface area contributed by atoms with Crippen molar-refractivity contribution in [1.29, 1.82) is 0 Å². The van der Waals surface area contributed by atoms with Crippen LogP contribution >= 0.6 is 11.8 Å². The highest BCUT2D eigenvalue weighted by Gasteiger charge is 2.51. The Bertz CT molecular complexity index is 352. The summed E-state index contributed by atoms with van der Waals surface area (Å²) in [5, 5.41) is 8.75. The first-order valence-electron chi connectivity index (χ1n) is 4.17. The second kappa shape index (κ2) is 2.99. The number of carbonyl (C=O) groups excluding carboxylic acids is 1. The van der Waals surface area contributed by atoms with Crippen LogP contribution < -0.4 is 5.73 Å². The van der Waals surface area contributed by atoms with Gasteiger partial charge in [-0.3, -0.25) is 9.69 Å². The number of amides is 1. The number of hydrogen-bond acceptors (Lipinski definition) is 4. The van der Waals surface area contributed by atoms with E-state index in [4.69, 9.17) is 10.8 Å². The van der Waals surface area contributed by atoms with Gasteiger partial charge in [-0.25, -0.2) is 4.79 Å². The third-order valence-corrected chi connectivity index (χ3v) is 3.85. The van der Waals surface area contributed by atoms with E-state index in [-0.39, 0.29) is 17.0 Å². The summed E-state index contributed by atoms with van der Waals surface area (Å²) in [5.41, 5.74) is 6.39. The molecule has 2 heterocycles. The largest absolute Gasteiger partial charge is 0.477 e. The molecule has 2 aliphatic heterocycles. The lowest BCUT2D eigenvalue weighted by atomic mass is 10.0. The lowest BCUT2D eigenvalue weighted by Gasteiger charge is -2.47. The van der Waals surface area contributed by atoms with Crippen LogP contribution in [-0.4, -0.2) is 39.1 Å². The van der Waals surface area contributed by atoms with Gasteiger partial charge in [0.1, 0.15) is 17.1 Å². The number of aliphatic carboxylic acids is 1. The van der Waals surface area contributed by atoms with Gasteiger partial charge in [-0.15, -0.1) is 11.8 Å². The van der Waals surface area contributed by atoms with Gasteiger partial charge in [0, 0.05) is 5.75 Å². The zero-order chi connectivity index (χ0) is 10.5. The predicted octanol–water partition coefficient (Wildman–Crippen LogP) is -0.413. The van der Waals surface area contributed by atoms with E-state index in [0.29, 0.717) is 5.75 Å². The first-order chi connectivity index (χ1) is 6.54. The van der Waals surface area contributed by atoms with Crippen LogP contribution in [0, 0.1) is 0 Å². The SMILES string of the molecule is CC1=C(C(=O)O)N2C(=O)[C@H](N)[C@@H]2SC1. The van der Waals surface area contributed by atoms with Crippen LogP contribution in [0.4, 0.5) is 0 Å². The number of β-lactam (4-membered cyclic amide) rings is 1. The number of thioether (sulfide) groups is 1. The Hall–Kier alpha value is -1.01. The van der Waals surface area contributed by atoms with Crippen molar-refractivity contribution in [3.05, 3.63) is 11.3 Å². The van der Waals surface area contributed by atoms with Crippen LogP contribution in [0.1, 0.15) is 6.92 Å². The standard InChI is InChI=1S/C8H10N2O3S/c1-3-2-14-7-4(9)6(11)10(7)5(3)8(12)13/h4,7H,2,9H2,1H3,(H,12,13)/t4-,7-/m0/s1. The minimum absolute atomic E-state index is 0.112. The maximum atomic E-state index is 11.3. The molecule has 0 aromatic rings. The van der Waals surface area contributed by atoms with Crippen molar-refractivity contribution in [2.75, 3.05) is 5.75 Å². The van der Waals surface area contributed by atoms with Gasteiger partial charge in [-0.2, -0.15) is 0 Å². The first-order valence-corrected chi connectivity index (χ1v) is 5.22. The highest BCUT2D eigenvalue weighted by Crippen LogP contribution is 2.38. The van der Waals surface area contributed by atoms with Crippen molar-refractivity contribution in [3.63, 3.8) is 0 Å². The Balaban J connectivity index is 2.37. The van der Waals surface area contributed by atoms with Gasteiger partial charge in [0.15, 0.2) is 0 Å². The van der Waals surface area contributed by atoms with Crippen LogP contribution in [0.5, 0.6) is 0 Å². The number of carboxylic acid groups (broad SMARTS) is 1. The Labute approximate surface area is 84.9 Å². The average molecular weight is 214 g/mol. The van der Waals surface area contributed by atoms with Crippen molar-refractivity contribution in [2.45, 2.75) is 18.3 Å². The maximum Gasteiger partial charge on any atom is 0.352 e. The van der Waals surface area contributed by atoms with Crippen LogP contribution in [-0.2, 0) is 9.59 Å². The summed E-state index contributed by atoms with van der Waals surface area (Å²) in [6.07, 6.45) is 0. The minimum Gasteiger partial charge on any atom is -0.477 e. The molecule has 6 heteroatoms. The monoisotopic (exact) mass is 214 g/mol. The molecule has 2 atom stereocenters. The lowest BCUT2D eigenvalue weighted by molar-refractivity contribution is -0.147. The van der Waals surface area contributed by atoms with Crippen LogP contribution in [0.3, 0.4) is 0 Å². The molecule has 0 saturated carbocycles. The number of rotatable bonds is 1. The molecule has 0 radical (unpaired) electrons. The van der Waals surface area contributed by atoms with Gasteiger partial charge < -0.3 is 10.8 Å². The fourth-order valence-corrected chi connectivity index (χ4v) is 2.91. The van der Waals surface area contributed by atoms with Gasteiger partial charge in [0.2, 0.25) is 5.91 Å². The smallest absolute Gasteiger partial charge is 0.352 e. The van der Waals surface area contributed by atoms with Gasteiger partial charge in [-0.05, 0) is 12.5 Å². The summed E-state index contributed by atoms with van der Waals surface area (Å²) < 4.78 is 0. The molecule has 14 heavy (non-hydrogen) atoms. The second-order valence-electron chi connectivity index (χ2n) is 3.37. The number of carbonyl (C=O) groups is 2. The topological polar surface area (TPSA) is 83.6 Å². The minimum atomic E-state index is -1.05. The first kappa shape index (κ1) is 9.54. The molecule has 3 N–H and O–H groups in total. The quantitative estimate of drug-likeness (QED) is 0.580. The van der Waals surface area contributed by atoms with Crippen molar-refractivity contribution < 1.29 is 14.7 Å². The van der Waals surface area contributed by atoms with Gasteiger partial charge in [-0.1, -0.05) is 0 Å². The zero-order valence-corrected chi connectivity index (χ0v) is 8.37. The number of carboxylic acids is 1. The molecule has 5 nitrogen and oxygen atoms in total. The number of nitrogens with two attached hydrogens (primary N) is 1. The molecule has 1 amide bonds. The summed E-state index contributed by atoms with van der Waals surface area (Å²) in [6.45, 7) is 1.73. The van der Waals surface area contributed by atoms with E-state index in [1.54, 1.807) is 6.92 Å². The molecular weight excluding hydrogens is 204 g/mol. The van der Waals surface area contributed by atoms with Crippen molar-refractivity contribution in [2.24, 2.45) is 5.73 Å². The lowest BCUT2D eigenvalue weighted by Crippen LogP contribution is -2.68. The Morgan fingerprint density at radius 1 is 1.71 bits per heavy atom. The summed E-state index contributed by atoms with van der Waals surface area (Å²) in [4.78, 5) is 23.5. The van der Waals surface area contributed by atoms with Crippen LogP contribution in [0.15, 0.2) is 11.3 Å². The third-order valence-electron chi connectivity index (χ3n) is 2.40. The molecule has 0 aliphatic carbocycles. The van der Waals surface area contributed by atoms with E-state index in [1.165, 1.54) is 16.7 Å². The van der Waals surface area contributed by atoms with Gasteiger partial charge >= 0.3 is 5.97 Å². The average Bonchev–Trinajstić information content (AvgIpc) is 2.15. The van der Waals surface area contributed by atoms with Crippen LogP contribution in [0.2, 0.25) is 0 Å². The normalized spacial score (nSPS) is 31.3. The second-order valence-corrected chi connectivity index (χ2v) is 4.47. The molecular formula is C8H10N2O3S. The molecule has 2 rings (SSSR count). The van der Waals surface area contributed by atoms with E-state index in [9.17, 15) is 9.59 Å². The fraction of sp³-hybridized carbons (Fsp3) is 0.500. The number of nitrogens with zero attached hydrogens (tertiary/aromatic N) is 1. The highest BCUT2D eigenvalue weighted by atomic mass is 32.2. The predicted molar refractivity (Wildman–Crippen MR) is 51.4 cm³/mol. The molecule has 0 bridgehead atoms. The van der Waals surface area contributed by atoms with E-state index in [1.807, 2.05) is 0 Å². The summed E-state index contributed by atoms with van der Waals surface area (Å²) >= 11 is 1.51. The molecule has 1 saturated heterocycles. The third kappa shape index (κ3) is 1.07. The fourth-order valence-electron chi connectivity index (χ4n) is 1.67. The van der Waals surface area contributed by atoms with E-state index in [2.05, 4.69) is 0 Å². The van der Waals surface area contributed by atoms with Gasteiger partial charge in [0.05, 0.1) is 0 Å². The van der Waals surface area contributed by atoms with Crippen molar-refractivity contribution in [1.82, 2.24) is 4.90 Å². The zero-order valence-electron chi connectivity index (χ0n) is 7.56. The maximum absolute atomic E-state index is 11.3. The Morgan fingerprint density at radius 3 is 2.93 bits per heavy atom.